The molecule has 1 aromatic heterocycles. The maximum absolute atomic E-state index is 2.56. The van der Waals surface area contributed by atoms with Crippen molar-refractivity contribution in [3.8, 4) is 16.8 Å². The van der Waals surface area contributed by atoms with Crippen molar-refractivity contribution in [2.75, 3.05) is 4.90 Å². The van der Waals surface area contributed by atoms with Crippen molar-refractivity contribution in [2.45, 2.75) is 19.3 Å². The van der Waals surface area contributed by atoms with Gasteiger partial charge in [-0.05, 0) is 112 Å². The first kappa shape index (κ1) is 30.0. The summed E-state index contributed by atoms with van der Waals surface area (Å²) in [5, 5.41) is 7.60. The van der Waals surface area contributed by atoms with Crippen molar-refractivity contribution in [3.05, 3.63) is 204 Å². The van der Waals surface area contributed by atoms with Crippen LogP contribution in [0.15, 0.2) is 188 Å². The highest BCUT2D eigenvalue weighted by Crippen LogP contribution is 2.48. The second-order valence-electron chi connectivity index (χ2n) is 14.4. The van der Waals surface area contributed by atoms with E-state index in [0.717, 1.165) is 19.3 Å². The average Bonchev–Trinajstić information content (AvgIpc) is 3.78. The molecule has 250 valence electrons. The summed E-state index contributed by atoms with van der Waals surface area (Å²) in [6, 6.07) is 62.7. The van der Waals surface area contributed by atoms with Gasteiger partial charge in [0.15, 0.2) is 0 Å². The van der Waals surface area contributed by atoms with Gasteiger partial charge in [-0.25, -0.2) is 0 Å². The fourth-order valence-electron chi connectivity index (χ4n) is 9.01. The van der Waals surface area contributed by atoms with Crippen LogP contribution in [0.25, 0.3) is 65.7 Å². The second kappa shape index (κ2) is 12.0. The summed E-state index contributed by atoms with van der Waals surface area (Å²) in [6.45, 7) is 0. The molecule has 0 radical (unpaired) electrons. The lowest BCUT2D eigenvalue weighted by Crippen LogP contribution is -2.19. The number of anilines is 2. The van der Waals surface area contributed by atoms with Gasteiger partial charge in [0.1, 0.15) is 0 Å². The predicted octanol–water partition coefficient (Wildman–Crippen LogP) is 13.6. The van der Waals surface area contributed by atoms with Crippen LogP contribution in [-0.4, -0.2) is 4.57 Å². The molecule has 0 atom stereocenters. The van der Waals surface area contributed by atoms with Crippen molar-refractivity contribution >= 4 is 60.3 Å². The Morgan fingerprint density at radius 2 is 1.26 bits per heavy atom. The lowest BCUT2D eigenvalue weighted by molar-refractivity contribution is 0.931. The van der Waals surface area contributed by atoms with Crippen molar-refractivity contribution in [2.24, 2.45) is 0 Å². The maximum Gasteiger partial charge on any atom is 0.0620 e. The number of para-hydroxylation sites is 2. The fraction of sp³-hybridized carbons (Fsp3) is 0.0588. The highest BCUT2D eigenvalue weighted by Gasteiger charge is 2.27. The smallest absolute Gasteiger partial charge is 0.0620 e. The Hall–Kier alpha value is -6.64. The summed E-state index contributed by atoms with van der Waals surface area (Å²) < 4.78 is 2.45. The van der Waals surface area contributed by atoms with Crippen LogP contribution in [-0.2, 0) is 6.42 Å². The van der Waals surface area contributed by atoms with Crippen molar-refractivity contribution in [1.82, 2.24) is 4.57 Å². The molecule has 2 heteroatoms. The minimum atomic E-state index is 0.941. The Morgan fingerprint density at radius 1 is 0.491 bits per heavy atom. The number of fused-ring (bicyclic) bond motifs is 9. The summed E-state index contributed by atoms with van der Waals surface area (Å²) in [5.74, 6) is 0. The van der Waals surface area contributed by atoms with Crippen molar-refractivity contribution < 1.29 is 0 Å². The van der Waals surface area contributed by atoms with Gasteiger partial charge in [-0.15, -0.1) is 0 Å². The Bertz CT molecular complexity index is 2980. The van der Waals surface area contributed by atoms with Gasteiger partial charge in [0.25, 0.3) is 0 Å². The van der Waals surface area contributed by atoms with Gasteiger partial charge in [0, 0.05) is 38.8 Å². The Kier molecular flexibility index (Phi) is 6.78. The molecule has 11 rings (SSSR count). The van der Waals surface area contributed by atoms with Gasteiger partial charge >= 0.3 is 0 Å². The number of aromatic nitrogens is 1. The molecule has 0 bridgehead atoms. The first-order chi connectivity index (χ1) is 26.3. The van der Waals surface area contributed by atoms with E-state index in [1.165, 1.54) is 99.5 Å². The Balaban J connectivity index is 1.14. The number of hydrogen-bond acceptors (Lipinski definition) is 1. The first-order valence-electron chi connectivity index (χ1n) is 18.7. The van der Waals surface area contributed by atoms with Crippen LogP contribution in [0.4, 0.5) is 11.4 Å². The second-order valence-corrected chi connectivity index (χ2v) is 14.4. The standard InChI is InChI=1S/C51H36N2/c1-2-15-41(16-3-1)53-48-19-9-8-18-45(48)46-30-26-36-25-29-43(33-47(36)51(46)53)52(49-20-10-14-40-32-39-13-6-7-17-44(39)50(40)49)42-27-23-35(24-28-42)38-22-21-34-11-4-5-12-37(34)31-38/h1-23,25-27,29-31,33H,24,28,32H2. The normalized spacial score (nSPS) is 13.7. The zero-order valence-electron chi connectivity index (χ0n) is 29.3. The summed E-state index contributed by atoms with van der Waals surface area (Å²) in [6.07, 6.45) is 7.62. The maximum atomic E-state index is 2.56. The topological polar surface area (TPSA) is 8.17 Å². The van der Waals surface area contributed by atoms with Crippen LogP contribution in [0.2, 0.25) is 0 Å². The van der Waals surface area contributed by atoms with Gasteiger partial charge in [0.05, 0.1) is 16.7 Å². The molecule has 0 fully saturated rings. The van der Waals surface area contributed by atoms with E-state index in [1.54, 1.807) is 0 Å². The Morgan fingerprint density at radius 3 is 2.17 bits per heavy atom. The summed E-state index contributed by atoms with van der Waals surface area (Å²) >= 11 is 0. The molecule has 1 heterocycles. The molecule has 0 N–H and O–H groups in total. The minimum Gasteiger partial charge on any atom is -0.314 e. The van der Waals surface area contributed by atoms with E-state index in [4.69, 9.17) is 0 Å². The largest absolute Gasteiger partial charge is 0.314 e. The molecule has 2 aliphatic carbocycles. The molecule has 9 aromatic rings. The van der Waals surface area contributed by atoms with E-state index in [1.807, 2.05) is 0 Å². The van der Waals surface area contributed by atoms with Crippen molar-refractivity contribution in [3.63, 3.8) is 0 Å². The van der Waals surface area contributed by atoms with Crippen LogP contribution in [0, 0.1) is 0 Å². The van der Waals surface area contributed by atoms with Crippen LogP contribution in [0.3, 0.4) is 0 Å². The molecule has 0 saturated carbocycles. The van der Waals surface area contributed by atoms with Crippen molar-refractivity contribution in [1.29, 1.82) is 0 Å². The van der Waals surface area contributed by atoms with Gasteiger partial charge in [-0.2, -0.15) is 0 Å². The molecule has 0 aliphatic heterocycles. The molecular weight excluding hydrogens is 641 g/mol. The van der Waals surface area contributed by atoms with Gasteiger partial charge in [-0.3, -0.25) is 0 Å². The Labute approximate surface area is 309 Å². The third-order valence-electron chi connectivity index (χ3n) is 11.5. The molecule has 0 spiro atoms. The fourth-order valence-corrected chi connectivity index (χ4v) is 9.01. The average molecular weight is 677 g/mol. The van der Waals surface area contributed by atoms with Crippen LogP contribution < -0.4 is 4.90 Å². The number of rotatable bonds is 5. The summed E-state index contributed by atoms with van der Waals surface area (Å²) in [5.41, 5.74) is 15.6. The number of benzene rings is 8. The monoisotopic (exact) mass is 676 g/mol. The molecule has 0 unspecified atom stereocenters. The lowest BCUT2D eigenvalue weighted by Gasteiger charge is -2.32. The van der Waals surface area contributed by atoms with Gasteiger partial charge < -0.3 is 9.47 Å². The molecule has 2 nitrogen and oxygen atoms in total. The quantitative estimate of drug-likeness (QED) is 0.176. The first-order valence-corrected chi connectivity index (χ1v) is 18.7. The van der Waals surface area contributed by atoms with Gasteiger partial charge in [0.2, 0.25) is 0 Å². The van der Waals surface area contributed by atoms with Gasteiger partial charge in [-0.1, -0.05) is 133 Å². The third kappa shape index (κ3) is 4.80. The predicted molar refractivity (Wildman–Crippen MR) is 224 cm³/mol. The molecule has 2 aliphatic rings. The third-order valence-corrected chi connectivity index (χ3v) is 11.5. The SMILES string of the molecule is C1=C(c2ccc3ccccc3c2)CCC(N(c2ccc3ccc4c5ccccc5n(-c5ccccc5)c4c3c2)c2cccc3c2-c2ccccc2C3)=C1. The van der Waals surface area contributed by atoms with E-state index >= 15 is 0 Å². The molecular formula is C51H36N2. The van der Waals surface area contributed by atoms with E-state index in [9.17, 15) is 0 Å². The highest BCUT2D eigenvalue weighted by atomic mass is 15.2. The summed E-state index contributed by atoms with van der Waals surface area (Å²) in [7, 11) is 0. The van der Waals surface area contributed by atoms with Crippen LogP contribution >= 0.6 is 0 Å². The molecule has 0 amide bonds. The minimum absolute atomic E-state index is 0.941. The summed E-state index contributed by atoms with van der Waals surface area (Å²) in [4.78, 5) is 2.56. The number of hydrogen-bond donors (Lipinski definition) is 0. The molecule has 8 aromatic carbocycles. The number of allylic oxidation sites excluding steroid dienone is 4. The van der Waals surface area contributed by atoms with E-state index in [0.29, 0.717) is 0 Å². The zero-order chi connectivity index (χ0) is 34.9. The van der Waals surface area contributed by atoms with E-state index < -0.39 is 0 Å². The highest BCUT2D eigenvalue weighted by molar-refractivity contribution is 6.19. The van der Waals surface area contributed by atoms with Crippen LogP contribution in [0.1, 0.15) is 29.5 Å². The van der Waals surface area contributed by atoms with Crippen LogP contribution in [0.5, 0.6) is 0 Å². The lowest BCUT2D eigenvalue weighted by atomic mass is 9.92. The molecule has 53 heavy (non-hydrogen) atoms. The van der Waals surface area contributed by atoms with E-state index in [2.05, 4.69) is 191 Å². The van der Waals surface area contributed by atoms with E-state index in [-0.39, 0.29) is 0 Å². The number of nitrogens with zero attached hydrogens (tertiary/aromatic N) is 2. The molecule has 0 saturated heterocycles. The zero-order valence-corrected chi connectivity index (χ0v) is 29.3.